The first kappa shape index (κ1) is 10.0. The number of carbonyl (C=O) groups is 1. The molecule has 16 heavy (non-hydrogen) atoms. The average Bonchev–Trinajstić information content (AvgIpc) is 2.27. The fraction of sp³-hybridized carbons (Fsp3) is 0. The van der Waals surface area contributed by atoms with E-state index in [2.05, 4.69) is 4.98 Å². The second-order valence-electron chi connectivity index (χ2n) is 3.17. The van der Waals surface area contributed by atoms with Crippen LogP contribution in [0.3, 0.4) is 0 Å². The number of fused-ring (bicyclic) bond motifs is 1. The zero-order valence-electron chi connectivity index (χ0n) is 8.08. The second kappa shape index (κ2) is 3.58. The molecule has 80 valence electrons. The second-order valence-corrected chi connectivity index (χ2v) is 3.17. The van der Waals surface area contributed by atoms with E-state index in [-0.39, 0.29) is 5.56 Å². The molecule has 0 bridgehead atoms. The van der Waals surface area contributed by atoms with Gasteiger partial charge in [-0.15, -0.1) is 0 Å². The smallest absolute Gasteiger partial charge is 0.365 e. The van der Waals surface area contributed by atoms with Crippen LogP contribution in [0.4, 0.5) is 5.82 Å². The van der Waals surface area contributed by atoms with Crippen molar-refractivity contribution in [1.29, 1.82) is 0 Å². The number of aromatic nitrogens is 1. The standard InChI is InChI=1S/C10H7N3O3/c11-9(14)7-5-6-3-1-2-4-8(6)12-10(7)13(15)16/h1-5H,(H2,11,14). The highest BCUT2D eigenvalue weighted by molar-refractivity contribution is 5.99. The largest absolute Gasteiger partial charge is 0.376 e. The molecule has 1 aromatic heterocycles. The van der Waals surface area contributed by atoms with Crippen molar-refractivity contribution in [2.75, 3.05) is 0 Å². The summed E-state index contributed by atoms with van der Waals surface area (Å²) in [5.74, 6) is -1.36. The fourth-order valence-electron chi connectivity index (χ4n) is 1.43. The van der Waals surface area contributed by atoms with E-state index >= 15 is 0 Å². The maximum atomic E-state index is 11.0. The molecule has 0 saturated carbocycles. The van der Waals surface area contributed by atoms with E-state index in [1.54, 1.807) is 24.3 Å². The van der Waals surface area contributed by atoms with E-state index in [1.165, 1.54) is 6.07 Å². The number of hydrogen-bond acceptors (Lipinski definition) is 4. The average molecular weight is 217 g/mol. The molecule has 1 amide bonds. The highest BCUT2D eigenvalue weighted by Gasteiger charge is 2.21. The van der Waals surface area contributed by atoms with Crippen molar-refractivity contribution < 1.29 is 9.72 Å². The van der Waals surface area contributed by atoms with Crippen LogP contribution in [-0.2, 0) is 0 Å². The van der Waals surface area contributed by atoms with Crippen LogP contribution in [0.25, 0.3) is 10.9 Å². The number of nitrogens with two attached hydrogens (primary N) is 1. The van der Waals surface area contributed by atoms with Crippen molar-refractivity contribution in [3.05, 3.63) is 46.0 Å². The van der Waals surface area contributed by atoms with Gasteiger partial charge in [0.25, 0.3) is 5.91 Å². The van der Waals surface area contributed by atoms with Gasteiger partial charge in [0.15, 0.2) is 5.52 Å². The van der Waals surface area contributed by atoms with Crippen LogP contribution in [0.5, 0.6) is 0 Å². The minimum Gasteiger partial charge on any atom is -0.365 e. The van der Waals surface area contributed by atoms with Gasteiger partial charge in [0.05, 0.1) is 0 Å². The third kappa shape index (κ3) is 1.56. The molecule has 0 unspecified atom stereocenters. The number of rotatable bonds is 2. The van der Waals surface area contributed by atoms with Crippen LogP contribution in [0.1, 0.15) is 10.4 Å². The van der Waals surface area contributed by atoms with Crippen LogP contribution in [0, 0.1) is 10.1 Å². The van der Waals surface area contributed by atoms with Crippen LogP contribution < -0.4 is 5.73 Å². The molecule has 6 heteroatoms. The highest BCUT2D eigenvalue weighted by atomic mass is 16.6. The lowest BCUT2D eigenvalue weighted by Crippen LogP contribution is -2.14. The Balaban J connectivity index is 2.81. The Bertz CT molecular complexity index is 542. The lowest BCUT2D eigenvalue weighted by molar-refractivity contribution is -0.389. The molecule has 0 fully saturated rings. The number of primary amides is 1. The van der Waals surface area contributed by atoms with Gasteiger partial charge < -0.3 is 15.8 Å². The van der Waals surface area contributed by atoms with Gasteiger partial charge in [-0.05, 0) is 22.0 Å². The summed E-state index contributed by atoms with van der Waals surface area (Å²) >= 11 is 0. The molecule has 2 N–H and O–H groups in total. The van der Waals surface area contributed by atoms with Gasteiger partial charge in [-0.1, -0.05) is 18.2 Å². The summed E-state index contributed by atoms with van der Waals surface area (Å²) in [6, 6.07) is 8.18. The van der Waals surface area contributed by atoms with Crippen LogP contribution in [-0.4, -0.2) is 15.8 Å². The summed E-state index contributed by atoms with van der Waals surface area (Å²) in [5.41, 5.74) is 5.34. The van der Waals surface area contributed by atoms with Crippen LogP contribution in [0.15, 0.2) is 30.3 Å². The van der Waals surface area contributed by atoms with Gasteiger partial charge in [0.1, 0.15) is 5.56 Å². The van der Waals surface area contributed by atoms with Crippen molar-refractivity contribution in [2.24, 2.45) is 5.73 Å². The van der Waals surface area contributed by atoms with Crippen molar-refractivity contribution in [1.82, 2.24) is 4.98 Å². The Morgan fingerprint density at radius 3 is 2.69 bits per heavy atom. The van der Waals surface area contributed by atoms with Crippen molar-refractivity contribution >= 4 is 22.6 Å². The molecule has 0 saturated heterocycles. The van der Waals surface area contributed by atoms with Gasteiger partial charge in [-0.2, -0.15) is 0 Å². The zero-order valence-corrected chi connectivity index (χ0v) is 8.08. The Morgan fingerprint density at radius 2 is 2.06 bits per heavy atom. The van der Waals surface area contributed by atoms with Crippen molar-refractivity contribution in [3.63, 3.8) is 0 Å². The van der Waals surface area contributed by atoms with Gasteiger partial charge in [0, 0.05) is 5.39 Å². The Hall–Kier alpha value is -2.50. The monoisotopic (exact) mass is 217 g/mol. The molecular formula is C10H7N3O3. The molecule has 0 atom stereocenters. The van der Waals surface area contributed by atoms with E-state index in [1.807, 2.05) is 0 Å². The third-order valence-electron chi connectivity index (χ3n) is 2.14. The Morgan fingerprint density at radius 1 is 1.38 bits per heavy atom. The third-order valence-corrected chi connectivity index (χ3v) is 2.14. The molecule has 6 nitrogen and oxygen atoms in total. The molecule has 1 aromatic carbocycles. The molecule has 0 spiro atoms. The number of hydrogen-bond donors (Lipinski definition) is 1. The number of nitro groups is 1. The summed E-state index contributed by atoms with van der Waals surface area (Å²) in [7, 11) is 0. The zero-order chi connectivity index (χ0) is 11.7. The predicted octanol–water partition coefficient (Wildman–Crippen LogP) is 1.24. The highest BCUT2D eigenvalue weighted by Crippen LogP contribution is 2.21. The summed E-state index contributed by atoms with van der Waals surface area (Å²) in [5, 5.41) is 11.3. The normalized spacial score (nSPS) is 10.2. The molecule has 0 aliphatic rings. The van der Waals surface area contributed by atoms with Crippen LogP contribution in [0.2, 0.25) is 0 Å². The van der Waals surface area contributed by atoms with Crippen molar-refractivity contribution in [2.45, 2.75) is 0 Å². The molecule has 2 aromatic rings. The summed E-state index contributed by atoms with van der Waals surface area (Å²) in [6.07, 6.45) is 0. The molecular weight excluding hydrogens is 210 g/mol. The maximum Gasteiger partial charge on any atom is 0.376 e. The topological polar surface area (TPSA) is 99.1 Å². The Labute approximate surface area is 89.9 Å². The first-order valence-electron chi connectivity index (χ1n) is 4.43. The number of pyridine rings is 1. The van der Waals surface area contributed by atoms with E-state index < -0.39 is 16.6 Å². The maximum absolute atomic E-state index is 11.0. The number of benzene rings is 1. The summed E-state index contributed by atoms with van der Waals surface area (Å²) in [6.45, 7) is 0. The van der Waals surface area contributed by atoms with E-state index in [9.17, 15) is 14.9 Å². The SMILES string of the molecule is NC(=O)c1cc2ccccc2nc1[N+](=O)[O-]. The van der Waals surface area contributed by atoms with E-state index in [0.29, 0.717) is 10.9 Å². The van der Waals surface area contributed by atoms with E-state index in [4.69, 9.17) is 5.73 Å². The molecule has 1 heterocycles. The first-order chi connectivity index (χ1) is 7.59. The number of carbonyl (C=O) groups excluding carboxylic acids is 1. The molecule has 0 aliphatic heterocycles. The van der Waals surface area contributed by atoms with E-state index in [0.717, 1.165) is 0 Å². The molecule has 0 radical (unpaired) electrons. The molecule has 2 rings (SSSR count). The minimum absolute atomic E-state index is 0.177. The van der Waals surface area contributed by atoms with Gasteiger partial charge in [-0.25, -0.2) is 0 Å². The van der Waals surface area contributed by atoms with Crippen LogP contribution >= 0.6 is 0 Å². The Kier molecular flexibility index (Phi) is 2.24. The number of amides is 1. The lowest BCUT2D eigenvalue weighted by atomic mass is 10.1. The van der Waals surface area contributed by atoms with Gasteiger partial charge in [-0.3, -0.25) is 4.79 Å². The minimum atomic E-state index is -0.857. The lowest BCUT2D eigenvalue weighted by Gasteiger charge is -1.99. The summed E-state index contributed by atoms with van der Waals surface area (Å²) in [4.78, 5) is 24.8. The molecule has 0 aliphatic carbocycles. The van der Waals surface area contributed by atoms with Crippen molar-refractivity contribution in [3.8, 4) is 0 Å². The number of para-hydroxylation sites is 1. The first-order valence-corrected chi connectivity index (χ1v) is 4.43. The number of nitrogens with zero attached hydrogens (tertiary/aromatic N) is 2. The van der Waals surface area contributed by atoms with Gasteiger partial charge in [0.2, 0.25) is 0 Å². The quantitative estimate of drug-likeness (QED) is 0.604. The predicted molar refractivity (Wildman–Crippen MR) is 56.9 cm³/mol. The summed E-state index contributed by atoms with van der Waals surface area (Å²) < 4.78 is 0. The fourth-order valence-corrected chi connectivity index (χ4v) is 1.43. The van der Waals surface area contributed by atoms with Gasteiger partial charge >= 0.3 is 5.82 Å².